The first-order valence-electron chi connectivity index (χ1n) is 21.1. The monoisotopic (exact) mass is 984 g/mol. The number of halogens is 8. The van der Waals surface area contributed by atoms with Crippen molar-refractivity contribution in [3.05, 3.63) is 198 Å². The average molecular weight is 987 g/mol. The summed E-state index contributed by atoms with van der Waals surface area (Å²) in [6.45, 7) is 17.7. The van der Waals surface area contributed by atoms with Crippen LogP contribution in [0.4, 0.5) is 26.3 Å². The molecule has 0 unspecified atom stereocenters. The minimum absolute atomic E-state index is 0. The van der Waals surface area contributed by atoms with E-state index in [0.717, 1.165) is 83.1 Å². The van der Waals surface area contributed by atoms with Gasteiger partial charge in [0.1, 0.15) is 0 Å². The molecule has 9 heteroatoms. The molecule has 0 saturated carbocycles. The van der Waals surface area contributed by atoms with Crippen LogP contribution in [0.15, 0.2) is 143 Å². The van der Waals surface area contributed by atoms with Crippen LogP contribution >= 0.6 is 0 Å². The molecule has 6 aromatic carbocycles. The van der Waals surface area contributed by atoms with Crippen molar-refractivity contribution < 1.29 is 72.4 Å². The van der Waals surface area contributed by atoms with Gasteiger partial charge < -0.3 is 24.8 Å². The van der Waals surface area contributed by atoms with E-state index in [0.29, 0.717) is 17.5 Å². The van der Waals surface area contributed by atoms with E-state index >= 15 is 0 Å². The molecule has 64 heavy (non-hydrogen) atoms. The van der Waals surface area contributed by atoms with Gasteiger partial charge in [-0.1, -0.05) is 0 Å². The molecule has 0 aliphatic heterocycles. The molecule has 0 spiro atoms. The molecule has 2 aliphatic rings. The molecule has 0 atom stereocenters. The van der Waals surface area contributed by atoms with Gasteiger partial charge in [0.2, 0.25) is 0 Å². The van der Waals surface area contributed by atoms with Gasteiger partial charge in [0.05, 0.1) is 0 Å². The van der Waals surface area contributed by atoms with Crippen molar-refractivity contribution in [2.75, 3.05) is 0 Å². The Morgan fingerprint density at radius 1 is 0.500 bits per heavy atom. The summed E-state index contributed by atoms with van der Waals surface area (Å²) < 4.78 is 86.6. The van der Waals surface area contributed by atoms with Gasteiger partial charge in [-0.05, 0) is 0 Å². The maximum atomic E-state index is 14.1. The maximum Gasteiger partial charge on any atom is -1.00 e. The summed E-state index contributed by atoms with van der Waals surface area (Å²) in [6, 6.07) is 36.9. The Morgan fingerprint density at radius 3 is 1.22 bits per heavy atom. The van der Waals surface area contributed by atoms with Crippen molar-refractivity contribution in [2.45, 2.75) is 88.6 Å². The van der Waals surface area contributed by atoms with Gasteiger partial charge in [-0.2, -0.15) is 0 Å². The van der Waals surface area contributed by atoms with E-state index in [2.05, 4.69) is 128 Å². The summed E-state index contributed by atoms with van der Waals surface area (Å²) in [6.07, 6.45) is -2.11. The molecule has 0 amide bonds. The zero-order valence-electron chi connectivity index (χ0n) is 37.1. The largest absolute Gasteiger partial charge is 1.00 e. The summed E-state index contributed by atoms with van der Waals surface area (Å²) >= 11 is -3.64. The second-order valence-corrected chi connectivity index (χ2v) is 25.1. The normalized spacial score (nSPS) is 13.6. The van der Waals surface area contributed by atoms with Crippen LogP contribution in [0.25, 0.3) is 33.4 Å². The van der Waals surface area contributed by atoms with E-state index in [9.17, 15) is 26.3 Å². The number of allylic oxidation sites excluding steroid dienone is 4. The molecule has 0 bridgehead atoms. The van der Waals surface area contributed by atoms with Crippen LogP contribution in [0.2, 0.25) is 0 Å². The molecule has 0 nitrogen and oxygen atoms in total. The Balaban J connectivity index is 0.00000340. The van der Waals surface area contributed by atoms with E-state index in [4.69, 9.17) is 0 Å². The van der Waals surface area contributed by atoms with Crippen molar-refractivity contribution in [3.8, 4) is 33.4 Å². The predicted octanol–water partition coefficient (Wildman–Crippen LogP) is 10.1. The molecule has 8 rings (SSSR count). The number of rotatable bonds is 6. The Morgan fingerprint density at radius 2 is 0.891 bits per heavy atom. The minimum Gasteiger partial charge on any atom is -1.00 e. The fourth-order valence-corrected chi connectivity index (χ4v) is 18.3. The van der Waals surface area contributed by atoms with Gasteiger partial charge in [0.15, 0.2) is 0 Å². The van der Waals surface area contributed by atoms with E-state index in [-0.39, 0.29) is 39.3 Å². The molecule has 0 aromatic heterocycles. The van der Waals surface area contributed by atoms with E-state index < -0.39 is 44.7 Å². The third kappa shape index (κ3) is 9.38. The molecular formula is C55H50Cl2F6Zr. The van der Waals surface area contributed by atoms with Crippen LogP contribution in [-0.2, 0) is 44.4 Å². The van der Waals surface area contributed by atoms with Crippen LogP contribution in [-0.4, -0.2) is 3.21 Å². The third-order valence-corrected chi connectivity index (χ3v) is 20.8. The van der Waals surface area contributed by atoms with Crippen LogP contribution in [0.5, 0.6) is 0 Å². The second-order valence-electron chi connectivity index (χ2n) is 18.8. The zero-order valence-corrected chi connectivity index (χ0v) is 41.1. The summed E-state index contributed by atoms with van der Waals surface area (Å²) in [5.74, 6) is 0. The molecule has 0 N–H and O–H groups in total. The number of hydrogen-bond donors (Lipinski definition) is 0. The Kier molecular flexibility index (Phi) is 14.0. The Bertz CT molecular complexity index is 2640. The summed E-state index contributed by atoms with van der Waals surface area (Å²) in [5.41, 5.74) is 13.0. The molecule has 2 aliphatic carbocycles. The fraction of sp³-hybridized carbons (Fsp3) is 0.255. The summed E-state index contributed by atoms with van der Waals surface area (Å²) in [4.78, 5) is 0. The second kappa shape index (κ2) is 18.2. The number of aryl methyl sites for hydroxylation is 2. The van der Waals surface area contributed by atoms with Crippen LogP contribution in [0.3, 0.4) is 0 Å². The smallest absolute Gasteiger partial charge is 1.00 e. The van der Waals surface area contributed by atoms with E-state index in [1.807, 2.05) is 18.2 Å². The molecule has 330 valence electrons. The number of hydrogen-bond acceptors (Lipinski definition) is 0. The first-order valence-corrected chi connectivity index (χ1v) is 25.0. The Hall–Kier alpha value is -4.29. The van der Waals surface area contributed by atoms with Crippen LogP contribution in [0.1, 0.15) is 107 Å². The first-order chi connectivity index (χ1) is 29.1. The predicted molar refractivity (Wildman–Crippen MR) is 239 cm³/mol. The number of alkyl halides is 6. The van der Waals surface area contributed by atoms with Crippen LogP contribution in [0, 0.1) is 13.8 Å². The fourth-order valence-electron chi connectivity index (χ4n) is 9.36. The topological polar surface area (TPSA) is 0 Å². The molecular weight excluding hydrogens is 937 g/mol. The number of fused-ring (bicyclic) bond motifs is 3. The van der Waals surface area contributed by atoms with Crippen molar-refractivity contribution in [1.82, 2.24) is 0 Å². The van der Waals surface area contributed by atoms with Crippen molar-refractivity contribution in [2.24, 2.45) is 0 Å². The van der Waals surface area contributed by atoms with E-state index in [1.165, 1.54) is 38.7 Å². The van der Waals surface area contributed by atoms with Gasteiger partial charge in [0.25, 0.3) is 0 Å². The SMILES string of the molecule is Cc1ccccc1-c1cc2c(cc1C(C)(C)C)-c1cc(C(C)(C)C)c(-c3ccccc3C)cc1[CH]2[Zr+2]([C]1=CC=CC1)=[C](c1ccc(C(F)(F)F)cc1)c1ccc(C(F)(F)F)cc1.[Cl-].[Cl-]. The van der Waals surface area contributed by atoms with Crippen molar-refractivity contribution >= 4 is 3.21 Å². The zero-order chi connectivity index (χ0) is 44.5. The van der Waals surface area contributed by atoms with Gasteiger partial charge in [-0.25, -0.2) is 0 Å². The molecule has 0 saturated heterocycles. The van der Waals surface area contributed by atoms with Gasteiger partial charge in [-0.3, -0.25) is 0 Å². The minimum atomic E-state index is -4.55. The molecule has 0 fully saturated rings. The molecule has 0 radical (unpaired) electrons. The Labute approximate surface area is 393 Å². The van der Waals surface area contributed by atoms with E-state index in [1.54, 1.807) is 0 Å². The van der Waals surface area contributed by atoms with Gasteiger partial charge in [-0.15, -0.1) is 0 Å². The van der Waals surface area contributed by atoms with Crippen LogP contribution < -0.4 is 24.8 Å². The molecule has 6 aromatic rings. The number of benzene rings is 6. The molecule has 0 heterocycles. The van der Waals surface area contributed by atoms with Gasteiger partial charge >= 0.3 is 371 Å². The maximum absolute atomic E-state index is 14.1. The summed E-state index contributed by atoms with van der Waals surface area (Å²) in [7, 11) is 0. The summed E-state index contributed by atoms with van der Waals surface area (Å²) in [5, 5.41) is 0. The third-order valence-electron chi connectivity index (χ3n) is 12.5. The first kappa shape index (κ1) is 49.2. The van der Waals surface area contributed by atoms with Gasteiger partial charge in [0, 0.05) is 0 Å². The van der Waals surface area contributed by atoms with Crippen molar-refractivity contribution in [3.63, 3.8) is 0 Å². The average Bonchev–Trinajstić information content (AvgIpc) is 3.85. The quantitative estimate of drug-likeness (QED) is 0.146. The standard InChI is InChI=1S/C35H37.C15H8F6.C5H5.2ClH.Zr/c1-22-13-9-11-15-26(22)30-18-24-17-25-19-31(27-16-12-10-14-23(27)2)33(35(6,7)8)21-29(25)28(24)20-32(30)34(3,4)5;16-14(17,18)12-5-1-10(2-6-12)9-11-3-7-13(8-4-11)15(19,20)21;1-2-4-5-3-1;;;/h9-21H,1-8H3;1-8H;1-3H,4H2;2*1H;/q;;;;;+2/p-2. The van der Waals surface area contributed by atoms with Crippen molar-refractivity contribution in [1.29, 1.82) is 0 Å².